The Morgan fingerprint density at radius 1 is 1.57 bits per heavy atom. The number of fused-ring (bicyclic) bond motifs is 1. The minimum atomic E-state index is -0.475. The Labute approximate surface area is 131 Å². The SMILES string of the molecule is CC(C)CC(C)(CN)NC(=O)c1nc2ncc(Br)cn2n1. The molecule has 0 aromatic carbocycles. The zero-order chi connectivity index (χ0) is 15.6. The molecule has 0 spiro atoms. The monoisotopic (exact) mass is 354 g/mol. The van der Waals surface area contributed by atoms with E-state index >= 15 is 0 Å². The lowest BCUT2D eigenvalue weighted by Crippen LogP contribution is -2.52. The molecule has 1 amide bonds. The number of aromatic nitrogens is 4. The highest BCUT2D eigenvalue weighted by molar-refractivity contribution is 9.10. The first kappa shape index (κ1) is 15.8. The minimum Gasteiger partial charge on any atom is -0.343 e. The molecule has 2 rings (SSSR count). The van der Waals surface area contributed by atoms with Crippen LogP contribution in [-0.4, -0.2) is 37.6 Å². The van der Waals surface area contributed by atoms with Crippen molar-refractivity contribution < 1.29 is 4.79 Å². The fraction of sp³-hybridized carbons (Fsp3) is 0.538. The molecule has 2 heterocycles. The van der Waals surface area contributed by atoms with Gasteiger partial charge in [-0.15, -0.1) is 5.10 Å². The van der Waals surface area contributed by atoms with Gasteiger partial charge in [-0.25, -0.2) is 9.50 Å². The second kappa shape index (κ2) is 6.07. The van der Waals surface area contributed by atoms with E-state index in [1.165, 1.54) is 4.52 Å². The van der Waals surface area contributed by atoms with Gasteiger partial charge in [0.1, 0.15) is 0 Å². The van der Waals surface area contributed by atoms with Crippen molar-refractivity contribution in [3.05, 3.63) is 22.7 Å². The summed E-state index contributed by atoms with van der Waals surface area (Å²) in [4.78, 5) is 20.5. The summed E-state index contributed by atoms with van der Waals surface area (Å²) >= 11 is 3.30. The van der Waals surface area contributed by atoms with Gasteiger partial charge >= 0.3 is 0 Å². The summed E-state index contributed by atoms with van der Waals surface area (Å²) < 4.78 is 2.22. The lowest BCUT2D eigenvalue weighted by molar-refractivity contribution is 0.0887. The predicted molar refractivity (Wildman–Crippen MR) is 82.9 cm³/mol. The van der Waals surface area contributed by atoms with Gasteiger partial charge in [0, 0.05) is 18.9 Å². The smallest absolute Gasteiger partial charge is 0.291 e. The van der Waals surface area contributed by atoms with Gasteiger partial charge < -0.3 is 11.1 Å². The number of halogens is 1. The molecule has 0 radical (unpaired) electrons. The Bertz CT molecular complexity index is 655. The number of carbonyl (C=O) groups is 1. The third-order valence-corrected chi connectivity index (χ3v) is 3.50. The molecule has 2 aromatic heterocycles. The predicted octanol–water partition coefficient (Wildman–Crippen LogP) is 1.38. The van der Waals surface area contributed by atoms with Crippen molar-refractivity contribution in [2.75, 3.05) is 6.54 Å². The van der Waals surface area contributed by atoms with Gasteiger partial charge in [0.25, 0.3) is 11.7 Å². The molecule has 7 nitrogen and oxygen atoms in total. The number of amides is 1. The van der Waals surface area contributed by atoms with Crippen molar-refractivity contribution in [2.24, 2.45) is 11.7 Å². The Balaban J connectivity index is 2.21. The van der Waals surface area contributed by atoms with Crippen LogP contribution in [0.25, 0.3) is 5.78 Å². The standard InChI is InChI=1S/C13H19BrN6O/c1-8(2)4-13(3,7-15)18-11(21)10-17-12-16-5-9(14)6-20(12)19-10/h5-6,8H,4,7,15H2,1-3H3,(H,18,21). The molecule has 1 atom stereocenters. The molecule has 8 heteroatoms. The number of hydrogen-bond donors (Lipinski definition) is 2. The molecule has 0 fully saturated rings. The molecule has 0 aliphatic rings. The Morgan fingerprint density at radius 3 is 2.90 bits per heavy atom. The van der Waals surface area contributed by atoms with Crippen LogP contribution in [0.5, 0.6) is 0 Å². The molecule has 0 saturated carbocycles. The minimum absolute atomic E-state index is 0.0871. The molecular weight excluding hydrogens is 336 g/mol. The number of nitrogens with zero attached hydrogens (tertiary/aromatic N) is 4. The third-order valence-electron chi connectivity index (χ3n) is 3.09. The lowest BCUT2D eigenvalue weighted by atomic mass is 9.90. The Morgan fingerprint density at radius 2 is 2.29 bits per heavy atom. The number of rotatable bonds is 5. The summed E-state index contributed by atoms with van der Waals surface area (Å²) in [6.07, 6.45) is 4.09. The largest absolute Gasteiger partial charge is 0.343 e. The van der Waals surface area contributed by atoms with Crippen molar-refractivity contribution >= 4 is 27.6 Å². The van der Waals surface area contributed by atoms with Gasteiger partial charge in [-0.3, -0.25) is 4.79 Å². The zero-order valence-corrected chi connectivity index (χ0v) is 13.9. The van der Waals surface area contributed by atoms with Gasteiger partial charge in [-0.1, -0.05) is 13.8 Å². The summed E-state index contributed by atoms with van der Waals surface area (Å²) in [5.74, 6) is 0.543. The number of carbonyl (C=O) groups excluding carboxylic acids is 1. The van der Waals surface area contributed by atoms with E-state index in [0.717, 1.165) is 10.9 Å². The van der Waals surface area contributed by atoms with Crippen LogP contribution < -0.4 is 11.1 Å². The molecule has 1 unspecified atom stereocenters. The van der Waals surface area contributed by atoms with Crippen LogP contribution in [0.15, 0.2) is 16.9 Å². The van der Waals surface area contributed by atoms with E-state index in [-0.39, 0.29) is 11.7 Å². The van der Waals surface area contributed by atoms with Crippen LogP contribution >= 0.6 is 15.9 Å². The normalized spacial score (nSPS) is 14.4. The zero-order valence-electron chi connectivity index (χ0n) is 12.3. The van der Waals surface area contributed by atoms with E-state index < -0.39 is 5.54 Å². The summed E-state index contributed by atoms with van der Waals surface area (Å²) in [5, 5.41) is 7.06. The van der Waals surface area contributed by atoms with E-state index in [4.69, 9.17) is 5.73 Å². The van der Waals surface area contributed by atoms with E-state index in [9.17, 15) is 4.79 Å². The average molecular weight is 355 g/mol. The summed E-state index contributed by atoms with van der Waals surface area (Å²) in [6.45, 7) is 6.46. The van der Waals surface area contributed by atoms with E-state index in [2.05, 4.69) is 50.2 Å². The molecular formula is C13H19BrN6O. The maximum atomic E-state index is 12.3. The summed E-state index contributed by atoms with van der Waals surface area (Å²) in [5.41, 5.74) is 5.32. The highest BCUT2D eigenvalue weighted by Crippen LogP contribution is 2.16. The van der Waals surface area contributed by atoms with Crippen LogP contribution in [0.2, 0.25) is 0 Å². The first-order valence-electron chi connectivity index (χ1n) is 6.73. The molecule has 0 aliphatic heterocycles. The molecule has 0 aliphatic carbocycles. The van der Waals surface area contributed by atoms with Crippen molar-refractivity contribution in [1.29, 1.82) is 0 Å². The van der Waals surface area contributed by atoms with Crippen molar-refractivity contribution in [3.8, 4) is 0 Å². The fourth-order valence-corrected chi connectivity index (χ4v) is 2.57. The van der Waals surface area contributed by atoms with E-state index in [1.54, 1.807) is 12.4 Å². The van der Waals surface area contributed by atoms with Crippen LogP contribution in [-0.2, 0) is 0 Å². The topological polar surface area (TPSA) is 98.2 Å². The Hall–Kier alpha value is -1.54. The van der Waals surface area contributed by atoms with Gasteiger partial charge in [0.2, 0.25) is 5.82 Å². The summed E-state index contributed by atoms with van der Waals surface area (Å²) in [7, 11) is 0. The van der Waals surface area contributed by atoms with E-state index in [1.807, 2.05) is 6.92 Å². The first-order valence-corrected chi connectivity index (χ1v) is 7.53. The first-order chi connectivity index (χ1) is 9.83. The number of nitrogens with two attached hydrogens (primary N) is 1. The summed E-state index contributed by atoms with van der Waals surface area (Å²) in [6, 6.07) is 0. The van der Waals surface area contributed by atoms with Crippen LogP contribution in [0.4, 0.5) is 0 Å². The van der Waals surface area contributed by atoms with Gasteiger partial charge in [-0.2, -0.15) is 4.98 Å². The van der Waals surface area contributed by atoms with Crippen molar-refractivity contribution in [1.82, 2.24) is 24.9 Å². The molecule has 2 aromatic rings. The Kier molecular flexibility index (Phi) is 4.58. The second-order valence-corrected chi connectivity index (χ2v) is 6.68. The molecule has 114 valence electrons. The van der Waals surface area contributed by atoms with Gasteiger partial charge in [0.05, 0.1) is 10.0 Å². The molecule has 21 heavy (non-hydrogen) atoms. The quantitative estimate of drug-likeness (QED) is 0.844. The lowest BCUT2D eigenvalue weighted by Gasteiger charge is -2.30. The number of nitrogens with one attached hydrogen (secondary N) is 1. The molecule has 3 N–H and O–H groups in total. The van der Waals surface area contributed by atoms with Crippen LogP contribution in [0, 0.1) is 5.92 Å². The highest BCUT2D eigenvalue weighted by Gasteiger charge is 2.28. The van der Waals surface area contributed by atoms with Gasteiger partial charge in [0.15, 0.2) is 0 Å². The molecule has 0 bridgehead atoms. The second-order valence-electron chi connectivity index (χ2n) is 5.77. The van der Waals surface area contributed by atoms with E-state index in [0.29, 0.717) is 18.2 Å². The van der Waals surface area contributed by atoms with Crippen molar-refractivity contribution in [3.63, 3.8) is 0 Å². The molecule has 0 saturated heterocycles. The fourth-order valence-electron chi connectivity index (χ4n) is 2.27. The van der Waals surface area contributed by atoms with Crippen molar-refractivity contribution in [2.45, 2.75) is 32.7 Å². The van der Waals surface area contributed by atoms with Gasteiger partial charge in [-0.05, 0) is 35.2 Å². The maximum Gasteiger partial charge on any atom is 0.291 e. The van der Waals surface area contributed by atoms with Crippen LogP contribution in [0.3, 0.4) is 0 Å². The third kappa shape index (κ3) is 3.76. The average Bonchev–Trinajstić information content (AvgIpc) is 2.80. The highest BCUT2D eigenvalue weighted by atomic mass is 79.9. The number of hydrogen-bond acceptors (Lipinski definition) is 5. The maximum absolute atomic E-state index is 12.3. The van der Waals surface area contributed by atoms with Crippen LogP contribution in [0.1, 0.15) is 37.8 Å².